The van der Waals surface area contributed by atoms with Gasteiger partial charge in [-0.15, -0.1) is 0 Å². The van der Waals surface area contributed by atoms with Crippen molar-refractivity contribution in [3.05, 3.63) is 41.3 Å². The van der Waals surface area contributed by atoms with Crippen molar-refractivity contribution in [1.82, 2.24) is 15.0 Å². The number of carbonyl (C=O) groups is 1. The van der Waals surface area contributed by atoms with Gasteiger partial charge in [-0.3, -0.25) is 9.78 Å². The Morgan fingerprint density at radius 3 is 2.80 bits per heavy atom. The molecule has 4 nitrogen and oxygen atoms in total. The highest BCUT2D eigenvalue weighted by atomic mass is 35.5. The average molecular weight is 220 g/mol. The van der Waals surface area contributed by atoms with E-state index < -0.39 is 0 Å². The van der Waals surface area contributed by atoms with Crippen LogP contribution in [0.5, 0.6) is 0 Å². The lowest BCUT2D eigenvalue weighted by atomic mass is 10.3. The third-order valence-electron chi connectivity index (χ3n) is 1.77. The summed E-state index contributed by atoms with van der Waals surface area (Å²) in [5, 5.41) is 0.459. The minimum Gasteiger partial charge on any atom is -0.296 e. The Labute approximate surface area is 91.0 Å². The normalized spacial score (nSPS) is 9.93. The quantitative estimate of drug-likeness (QED) is 0.725. The number of nitrogens with zero attached hydrogens (tertiary/aromatic N) is 3. The Hall–Kier alpha value is -1.81. The topological polar surface area (TPSA) is 55.7 Å². The molecule has 0 aliphatic heterocycles. The molecule has 0 amide bonds. The first-order valence-corrected chi connectivity index (χ1v) is 4.58. The molecular weight excluding hydrogens is 214 g/mol. The van der Waals surface area contributed by atoms with E-state index in [4.69, 9.17) is 11.6 Å². The Bertz CT molecular complexity index is 502. The molecule has 0 fully saturated rings. The molecule has 0 spiro atoms. The summed E-state index contributed by atoms with van der Waals surface area (Å²) in [6.07, 6.45) is 3.75. The Morgan fingerprint density at radius 2 is 2.07 bits per heavy atom. The minimum atomic E-state index is 0.307. The maximum absolute atomic E-state index is 10.5. The number of aromatic nitrogens is 3. The SMILES string of the molecule is O=Cc1ccnc(-c2ncccc2Cl)n1. The van der Waals surface area contributed by atoms with Gasteiger partial charge in [-0.1, -0.05) is 11.6 Å². The summed E-state index contributed by atoms with van der Waals surface area (Å²) in [6.45, 7) is 0. The fourth-order valence-corrected chi connectivity index (χ4v) is 1.31. The molecule has 0 radical (unpaired) electrons. The molecule has 15 heavy (non-hydrogen) atoms. The van der Waals surface area contributed by atoms with Crippen molar-refractivity contribution in [1.29, 1.82) is 0 Å². The van der Waals surface area contributed by atoms with E-state index in [-0.39, 0.29) is 0 Å². The van der Waals surface area contributed by atoms with Crippen molar-refractivity contribution in [2.75, 3.05) is 0 Å². The summed E-state index contributed by atoms with van der Waals surface area (Å²) in [7, 11) is 0. The van der Waals surface area contributed by atoms with E-state index in [2.05, 4.69) is 15.0 Å². The van der Waals surface area contributed by atoms with Crippen LogP contribution in [0, 0.1) is 0 Å². The minimum absolute atomic E-state index is 0.307. The van der Waals surface area contributed by atoms with Crippen LogP contribution in [0.2, 0.25) is 5.02 Å². The zero-order chi connectivity index (χ0) is 10.7. The van der Waals surface area contributed by atoms with Gasteiger partial charge in [0.1, 0.15) is 11.4 Å². The van der Waals surface area contributed by atoms with Gasteiger partial charge in [-0.2, -0.15) is 0 Å². The molecular formula is C10H6ClN3O. The molecule has 5 heteroatoms. The van der Waals surface area contributed by atoms with Crippen LogP contribution in [0.15, 0.2) is 30.6 Å². The highest BCUT2D eigenvalue weighted by Gasteiger charge is 2.07. The fourth-order valence-electron chi connectivity index (χ4n) is 1.10. The van der Waals surface area contributed by atoms with Crippen molar-refractivity contribution < 1.29 is 4.79 Å². The predicted molar refractivity (Wildman–Crippen MR) is 55.7 cm³/mol. The van der Waals surface area contributed by atoms with Crippen LogP contribution < -0.4 is 0 Å². The Balaban J connectivity index is 2.54. The molecule has 0 bridgehead atoms. The van der Waals surface area contributed by atoms with Crippen molar-refractivity contribution in [2.24, 2.45) is 0 Å². The zero-order valence-corrected chi connectivity index (χ0v) is 8.35. The monoisotopic (exact) mass is 219 g/mol. The van der Waals surface area contributed by atoms with Crippen LogP contribution in [0.4, 0.5) is 0 Å². The molecule has 2 aromatic heterocycles. The number of rotatable bonds is 2. The molecule has 74 valence electrons. The van der Waals surface area contributed by atoms with Crippen LogP contribution in [-0.4, -0.2) is 21.2 Å². The summed E-state index contributed by atoms with van der Waals surface area (Å²) in [4.78, 5) is 22.6. The molecule has 2 rings (SSSR count). The van der Waals surface area contributed by atoms with Gasteiger partial charge in [0.15, 0.2) is 12.1 Å². The van der Waals surface area contributed by atoms with E-state index in [1.807, 2.05) is 0 Å². The summed E-state index contributed by atoms with van der Waals surface area (Å²) in [5.74, 6) is 0.352. The number of hydrogen-bond donors (Lipinski definition) is 0. The summed E-state index contributed by atoms with van der Waals surface area (Å²) in [6, 6.07) is 4.93. The number of carbonyl (C=O) groups excluding carboxylic acids is 1. The third kappa shape index (κ3) is 1.99. The Morgan fingerprint density at radius 1 is 1.20 bits per heavy atom. The number of hydrogen-bond acceptors (Lipinski definition) is 4. The van der Waals surface area contributed by atoms with E-state index in [1.165, 1.54) is 12.3 Å². The molecule has 0 unspecified atom stereocenters. The second-order valence-corrected chi connectivity index (χ2v) is 3.16. The van der Waals surface area contributed by atoms with E-state index in [1.54, 1.807) is 18.3 Å². The highest BCUT2D eigenvalue weighted by Crippen LogP contribution is 2.21. The van der Waals surface area contributed by atoms with Crippen molar-refractivity contribution in [3.8, 4) is 11.5 Å². The van der Waals surface area contributed by atoms with Gasteiger partial charge < -0.3 is 0 Å². The van der Waals surface area contributed by atoms with E-state index in [9.17, 15) is 4.79 Å². The van der Waals surface area contributed by atoms with Crippen LogP contribution in [0.1, 0.15) is 10.5 Å². The predicted octanol–water partition coefficient (Wildman–Crippen LogP) is 2.00. The lowest BCUT2D eigenvalue weighted by molar-refractivity contribution is 0.111. The summed E-state index contributed by atoms with van der Waals surface area (Å²) >= 11 is 5.92. The van der Waals surface area contributed by atoms with E-state index >= 15 is 0 Å². The molecule has 2 aromatic rings. The van der Waals surface area contributed by atoms with Crippen molar-refractivity contribution in [3.63, 3.8) is 0 Å². The summed E-state index contributed by atoms with van der Waals surface area (Å²) < 4.78 is 0. The second kappa shape index (κ2) is 4.14. The van der Waals surface area contributed by atoms with Gasteiger partial charge in [0.25, 0.3) is 0 Å². The Kier molecular flexibility index (Phi) is 2.69. The van der Waals surface area contributed by atoms with Crippen LogP contribution in [0.3, 0.4) is 0 Å². The largest absolute Gasteiger partial charge is 0.296 e. The molecule has 2 heterocycles. The second-order valence-electron chi connectivity index (χ2n) is 2.76. The molecule has 0 aliphatic carbocycles. The van der Waals surface area contributed by atoms with Crippen molar-refractivity contribution in [2.45, 2.75) is 0 Å². The molecule has 0 saturated heterocycles. The highest BCUT2D eigenvalue weighted by molar-refractivity contribution is 6.32. The fraction of sp³-hybridized carbons (Fsp3) is 0. The van der Waals surface area contributed by atoms with Gasteiger partial charge in [0.05, 0.1) is 5.02 Å². The number of pyridine rings is 1. The first-order valence-electron chi connectivity index (χ1n) is 4.20. The molecule has 0 aliphatic rings. The van der Waals surface area contributed by atoms with Gasteiger partial charge in [0.2, 0.25) is 0 Å². The van der Waals surface area contributed by atoms with Crippen molar-refractivity contribution >= 4 is 17.9 Å². The molecule has 0 atom stereocenters. The van der Waals surface area contributed by atoms with E-state index in [0.29, 0.717) is 28.5 Å². The number of aldehydes is 1. The maximum Gasteiger partial charge on any atom is 0.180 e. The molecule has 0 N–H and O–H groups in total. The van der Waals surface area contributed by atoms with Gasteiger partial charge >= 0.3 is 0 Å². The summed E-state index contributed by atoms with van der Waals surface area (Å²) in [5.41, 5.74) is 0.782. The van der Waals surface area contributed by atoms with Gasteiger partial charge in [-0.05, 0) is 18.2 Å². The third-order valence-corrected chi connectivity index (χ3v) is 2.07. The van der Waals surface area contributed by atoms with E-state index in [0.717, 1.165) is 0 Å². The van der Waals surface area contributed by atoms with Crippen LogP contribution >= 0.6 is 11.6 Å². The first-order chi connectivity index (χ1) is 7.31. The van der Waals surface area contributed by atoms with Gasteiger partial charge in [-0.25, -0.2) is 9.97 Å². The number of halogens is 1. The average Bonchev–Trinajstić information content (AvgIpc) is 2.30. The molecule has 0 aromatic carbocycles. The lowest BCUT2D eigenvalue weighted by Gasteiger charge is -2.00. The zero-order valence-electron chi connectivity index (χ0n) is 7.59. The van der Waals surface area contributed by atoms with Crippen LogP contribution in [-0.2, 0) is 0 Å². The maximum atomic E-state index is 10.5. The molecule has 0 saturated carbocycles. The van der Waals surface area contributed by atoms with Crippen LogP contribution in [0.25, 0.3) is 11.5 Å². The standard InChI is InChI=1S/C10H6ClN3O/c11-8-2-1-4-12-9(8)10-13-5-3-7(6-15)14-10/h1-6H. The van der Waals surface area contributed by atoms with Gasteiger partial charge in [0, 0.05) is 12.4 Å². The first kappa shape index (κ1) is 9.73. The smallest absolute Gasteiger partial charge is 0.180 e. The lowest BCUT2D eigenvalue weighted by Crippen LogP contribution is -1.95.